The van der Waals surface area contributed by atoms with Crippen LogP contribution in [0.4, 0.5) is 0 Å². The van der Waals surface area contributed by atoms with Gasteiger partial charge in [0.1, 0.15) is 5.03 Å². The van der Waals surface area contributed by atoms with Crippen LogP contribution >= 0.6 is 11.8 Å². The maximum Gasteiger partial charge on any atom is 0.119 e. The predicted molar refractivity (Wildman–Crippen MR) is 66.3 cm³/mol. The van der Waals surface area contributed by atoms with Crippen LogP contribution in [0.2, 0.25) is 0 Å². The van der Waals surface area contributed by atoms with Crippen molar-refractivity contribution in [1.82, 2.24) is 14.9 Å². The summed E-state index contributed by atoms with van der Waals surface area (Å²) < 4.78 is 0. The summed E-state index contributed by atoms with van der Waals surface area (Å²) in [6.07, 6.45) is 7.88. The second kappa shape index (κ2) is 5.61. The summed E-state index contributed by atoms with van der Waals surface area (Å²) in [6.45, 7) is 2.97. The summed E-state index contributed by atoms with van der Waals surface area (Å²) in [5.74, 6) is 0. The molecule has 2 heterocycles. The molecule has 16 heavy (non-hydrogen) atoms. The Bertz CT molecular complexity index is 345. The van der Waals surface area contributed by atoms with Gasteiger partial charge in [-0.15, -0.1) is 11.8 Å². The molecule has 2 N–H and O–H groups in total. The Morgan fingerprint density at radius 1 is 1.50 bits per heavy atom. The van der Waals surface area contributed by atoms with E-state index in [0.717, 1.165) is 36.8 Å². The lowest BCUT2D eigenvalue weighted by Crippen LogP contribution is -2.42. The number of thioether (sulfide) groups is 1. The second-order valence-electron chi connectivity index (χ2n) is 4.15. The Morgan fingerprint density at radius 3 is 3.06 bits per heavy atom. The van der Waals surface area contributed by atoms with E-state index in [4.69, 9.17) is 5.73 Å². The van der Waals surface area contributed by atoms with Crippen molar-refractivity contribution in [3.05, 3.63) is 18.1 Å². The monoisotopic (exact) mass is 238 g/mol. The molecule has 2 rings (SSSR count). The number of aromatic nitrogens is 2. The molecule has 0 spiro atoms. The fraction of sp³-hybridized carbons (Fsp3) is 0.636. The maximum absolute atomic E-state index is 5.97. The zero-order valence-corrected chi connectivity index (χ0v) is 10.4. The molecule has 0 radical (unpaired) electrons. The van der Waals surface area contributed by atoms with E-state index in [2.05, 4.69) is 14.9 Å². The van der Waals surface area contributed by atoms with Crippen LogP contribution in [0.1, 0.15) is 18.5 Å². The van der Waals surface area contributed by atoms with E-state index in [1.165, 1.54) is 6.42 Å². The second-order valence-corrected chi connectivity index (χ2v) is 4.94. The van der Waals surface area contributed by atoms with Gasteiger partial charge in [0, 0.05) is 31.5 Å². The van der Waals surface area contributed by atoms with Crippen molar-refractivity contribution in [3.63, 3.8) is 0 Å². The summed E-state index contributed by atoms with van der Waals surface area (Å²) in [5, 5.41) is 1.03. The van der Waals surface area contributed by atoms with Crippen LogP contribution in [0.3, 0.4) is 0 Å². The smallest absolute Gasteiger partial charge is 0.119 e. The molecule has 4 nitrogen and oxygen atoms in total. The van der Waals surface area contributed by atoms with E-state index in [1.807, 2.05) is 6.26 Å². The number of hydrogen-bond donors (Lipinski definition) is 1. The van der Waals surface area contributed by atoms with Gasteiger partial charge in [-0.2, -0.15) is 0 Å². The third-order valence-corrected chi connectivity index (χ3v) is 3.57. The Labute approximate surface area is 101 Å². The van der Waals surface area contributed by atoms with E-state index < -0.39 is 0 Å². The predicted octanol–water partition coefficient (Wildman–Crippen LogP) is 1.12. The zero-order chi connectivity index (χ0) is 11.4. The largest absolute Gasteiger partial charge is 0.327 e. The lowest BCUT2D eigenvalue weighted by atomic mass is 10.1. The van der Waals surface area contributed by atoms with Crippen LogP contribution in [0.5, 0.6) is 0 Å². The van der Waals surface area contributed by atoms with Crippen molar-refractivity contribution in [3.8, 4) is 0 Å². The average molecular weight is 238 g/mol. The van der Waals surface area contributed by atoms with Gasteiger partial charge in [0.05, 0.1) is 5.69 Å². The number of nitrogens with zero attached hydrogens (tertiary/aromatic N) is 3. The molecular formula is C11H18N4S. The van der Waals surface area contributed by atoms with Crippen LogP contribution in [-0.2, 0) is 6.54 Å². The summed E-state index contributed by atoms with van der Waals surface area (Å²) in [4.78, 5) is 11.1. The molecule has 1 atom stereocenters. The molecule has 1 aromatic rings. The number of likely N-dealkylation sites (tertiary alicyclic amines) is 1. The summed E-state index contributed by atoms with van der Waals surface area (Å²) in [7, 11) is 0. The summed E-state index contributed by atoms with van der Waals surface area (Å²) >= 11 is 1.65. The highest BCUT2D eigenvalue weighted by atomic mass is 32.2. The van der Waals surface area contributed by atoms with Crippen molar-refractivity contribution < 1.29 is 0 Å². The highest BCUT2D eigenvalue weighted by Crippen LogP contribution is 2.18. The highest BCUT2D eigenvalue weighted by molar-refractivity contribution is 7.98. The third kappa shape index (κ3) is 2.93. The maximum atomic E-state index is 5.97. The first-order chi connectivity index (χ1) is 7.79. The van der Waals surface area contributed by atoms with Gasteiger partial charge in [0.15, 0.2) is 0 Å². The molecule has 0 bridgehead atoms. The molecule has 0 saturated carbocycles. The number of hydrogen-bond acceptors (Lipinski definition) is 5. The Hall–Kier alpha value is -0.650. The molecule has 88 valence electrons. The number of piperidine rings is 1. The minimum absolute atomic E-state index is 0.322. The normalized spacial score (nSPS) is 22.2. The van der Waals surface area contributed by atoms with Gasteiger partial charge in [-0.3, -0.25) is 9.88 Å². The molecule has 0 aliphatic carbocycles. The van der Waals surface area contributed by atoms with E-state index >= 15 is 0 Å². The Morgan fingerprint density at radius 2 is 2.31 bits per heavy atom. The standard InChI is InChI=1S/C11H18N4S/c1-16-11-10(13-4-5-14-11)8-15-6-2-3-9(12)7-15/h4-5,9H,2-3,6-8,12H2,1H3. The van der Waals surface area contributed by atoms with Gasteiger partial charge >= 0.3 is 0 Å². The molecule has 1 saturated heterocycles. The van der Waals surface area contributed by atoms with Gasteiger partial charge in [-0.05, 0) is 25.6 Å². The lowest BCUT2D eigenvalue weighted by molar-refractivity contribution is 0.197. The average Bonchev–Trinajstić information content (AvgIpc) is 2.30. The van der Waals surface area contributed by atoms with Gasteiger partial charge in [-0.1, -0.05) is 0 Å². The lowest BCUT2D eigenvalue weighted by Gasteiger charge is -2.30. The first-order valence-corrected chi connectivity index (χ1v) is 6.84. The minimum Gasteiger partial charge on any atom is -0.327 e. The molecule has 1 aliphatic rings. The van der Waals surface area contributed by atoms with Crippen molar-refractivity contribution in [1.29, 1.82) is 0 Å². The van der Waals surface area contributed by atoms with Crippen LogP contribution < -0.4 is 5.73 Å². The summed E-state index contributed by atoms with van der Waals surface area (Å²) in [5.41, 5.74) is 7.04. The van der Waals surface area contributed by atoms with E-state index in [0.29, 0.717) is 6.04 Å². The van der Waals surface area contributed by atoms with Crippen LogP contribution in [0.15, 0.2) is 17.4 Å². The fourth-order valence-electron chi connectivity index (χ4n) is 2.08. The summed E-state index contributed by atoms with van der Waals surface area (Å²) in [6, 6.07) is 0.322. The third-order valence-electron chi connectivity index (χ3n) is 2.84. The van der Waals surface area contributed by atoms with Crippen molar-refractivity contribution >= 4 is 11.8 Å². The van der Waals surface area contributed by atoms with Crippen molar-refractivity contribution in [2.24, 2.45) is 5.73 Å². The molecule has 1 aromatic heterocycles. The van der Waals surface area contributed by atoms with Gasteiger partial charge in [0.25, 0.3) is 0 Å². The quantitative estimate of drug-likeness (QED) is 0.800. The SMILES string of the molecule is CSc1nccnc1CN1CCCC(N)C1. The van der Waals surface area contributed by atoms with Crippen LogP contribution in [-0.4, -0.2) is 40.3 Å². The van der Waals surface area contributed by atoms with E-state index in [1.54, 1.807) is 24.2 Å². The topological polar surface area (TPSA) is 55.0 Å². The zero-order valence-electron chi connectivity index (χ0n) is 9.59. The number of nitrogens with two attached hydrogens (primary N) is 1. The van der Waals surface area contributed by atoms with Gasteiger partial charge < -0.3 is 5.73 Å². The molecule has 1 fully saturated rings. The van der Waals surface area contributed by atoms with Crippen LogP contribution in [0.25, 0.3) is 0 Å². The molecule has 0 amide bonds. The van der Waals surface area contributed by atoms with Gasteiger partial charge in [0.2, 0.25) is 0 Å². The van der Waals surface area contributed by atoms with Crippen LogP contribution in [0, 0.1) is 0 Å². The molecular weight excluding hydrogens is 220 g/mol. The molecule has 0 aromatic carbocycles. The highest BCUT2D eigenvalue weighted by Gasteiger charge is 2.18. The van der Waals surface area contributed by atoms with E-state index in [-0.39, 0.29) is 0 Å². The first-order valence-electron chi connectivity index (χ1n) is 5.61. The Kier molecular flexibility index (Phi) is 4.15. The number of rotatable bonds is 3. The molecule has 1 unspecified atom stereocenters. The fourth-order valence-corrected chi connectivity index (χ4v) is 2.60. The minimum atomic E-state index is 0.322. The molecule has 5 heteroatoms. The first kappa shape index (κ1) is 11.8. The molecule has 1 aliphatic heterocycles. The van der Waals surface area contributed by atoms with Crippen molar-refractivity contribution in [2.75, 3.05) is 19.3 Å². The van der Waals surface area contributed by atoms with Crippen molar-refractivity contribution in [2.45, 2.75) is 30.5 Å². The Balaban J connectivity index is 2.02. The van der Waals surface area contributed by atoms with Gasteiger partial charge in [-0.25, -0.2) is 4.98 Å². The van der Waals surface area contributed by atoms with E-state index in [9.17, 15) is 0 Å².